The number of nitrogens with two attached hydrogens (primary N) is 1. The van der Waals surface area contributed by atoms with Crippen molar-refractivity contribution >= 4 is 6.09 Å². The van der Waals surface area contributed by atoms with Crippen LogP contribution >= 0.6 is 0 Å². The number of aliphatic hydroxyl groups is 1. The lowest BCUT2D eigenvalue weighted by Crippen LogP contribution is -2.62. The van der Waals surface area contributed by atoms with Crippen LogP contribution in [0.4, 0.5) is 4.79 Å². The molecule has 0 aromatic rings. The van der Waals surface area contributed by atoms with E-state index in [1.54, 1.807) is 4.90 Å². The Morgan fingerprint density at radius 2 is 2.06 bits per heavy atom. The van der Waals surface area contributed by atoms with Gasteiger partial charge in [0.2, 0.25) is 0 Å². The van der Waals surface area contributed by atoms with Crippen LogP contribution in [-0.4, -0.2) is 46.9 Å². The van der Waals surface area contributed by atoms with Crippen molar-refractivity contribution in [1.82, 2.24) is 4.90 Å². The summed E-state index contributed by atoms with van der Waals surface area (Å²) in [5.41, 5.74) is 5.16. The number of likely N-dealkylation sites (tertiary alicyclic amines) is 1. The van der Waals surface area contributed by atoms with Gasteiger partial charge >= 0.3 is 6.09 Å². The zero-order valence-electron chi connectivity index (χ0n) is 11.5. The molecule has 1 saturated heterocycles. The molecular formula is C13H24N2O3. The normalized spacial score (nSPS) is 36.4. The number of piperidine rings is 1. The topological polar surface area (TPSA) is 75.8 Å². The third-order valence-electron chi connectivity index (χ3n) is 3.87. The van der Waals surface area contributed by atoms with Crippen molar-refractivity contribution in [3.8, 4) is 0 Å². The van der Waals surface area contributed by atoms with Gasteiger partial charge in [-0.2, -0.15) is 0 Å². The van der Waals surface area contributed by atoms with Crippen LogP contribution in [0.15, 0.2) is 0 Å². The second-order valence-corrected chi connectivity index (χ2v) is 6.74. The molecule has 1 heterocycles. The van der Waals surface area contributed by atoms with E-state index in [1.807, 2.05) is 20.8 Å². The minimum Gasteiger partial charge on any atom is -0.444 e. The molecule has 2 aliphatic rings. The van der Waals surface area contributed by atoms with Crippen LogP contribution in [0.3, 0.4) is 0 Å². The van der Waals surface area contributed by atoms with Gasteiger partial charge in [-0.05, 0) is 40.0 Å². The standard InChI is InChI=1S/C13H24N2O3/c1-12(2,3)18-11(17)15-5-4-10(16)13(8-15)6-9(14)7-13/h9-10,16H,4-8,14H2,1-3H3. The quantitative estimate of drug-likeness (QED) is 0.680. The summed E-state index contributed by atoms with van der Waals surface area (Å²) < 4.78 is 5.38. The maximum atomic E-state index is 12.0. The number of carbonyl (C=O) groups excluding carboxylic acids is 1. The Morgan fingerprint density at radius 3 is 2.56 bits per heavy atom. The maximum Gasteiger partial charge on any atom is 0.410 e. The third-order valence-corrected chi connectivity index (χ3v) is 3.87. The van der Waals surface area contributed by atoms with E-state index in [2.05, 4.69) is 0 Å². The van der Waals surface area contributed by atoms with Gasteiger partial charge in [-0.15, -0.1) is 0 Å². The molecule has 3 N–H and O–H groups in total. The highest BCUT2D eigenvalue weighted by molar-refractivity contribution is 5.68. The zero-order chi connectivity index (χ0) is 13.6. The summed E-state index contributed by atoms with van der Waals surface area (Å²) in [6.45, 7) is 6.71. The molecule has 1 amide bonds. The molecule has 0 aromatic heterocycles. The fourth-order valence-electron chi connectivity index (χ4n) is 3.02. The highest BCUT2D eigenvalue weighted by Gasteiger charge is 2.52. The van der Waals surface area contributed by atoms with Crippen molar-refractivity contribution in [3.63, 3.8) is 0 Å². The first-order valence-corrected chi connectivity index (χ1v) is 6.63. The van der Waals surface area contributed by atoms with Crippen LogP contribution in [0.2, 0.25) is 0 Å². The minimum atomic E-state index is -0.476. The Balaban J connectivity index is 1.98. The molecular weight excluding hydrogens is 232 g/mol. The van der Waals surface area contributed by atoms with Gasteiger partial charge in [0.25, 0.3) is 0 Å². The second-order valence-electron chi connectivity index (χ2n) is 6.74. The summed E-state index contributed by atoms with van der Waals surface area (Å²) in [5, 5.41) is 10.1. The molecule has 1 aliphatic carbocycles. The van der Waals surface area contributed by atoms with Crippen LogP contribution < -0.4 is 5.73 Å². The number of hydrogen-bond donors (Lipinski definition) is 2. The van der Waals surface area contributed by atoms with Crippen LogP contribution in [0.25, 0.3) is 0 Å². The molecule has 2 fully saturated rings. The Bertz CT molecular complexity index is 332. The number of rotatable bonds is 0. The van der Waals surface area contributed by atoms with Crippen molar-refractivity contribution in [1.29, 1.82) is 0 Å². The van der Waals surface area contributed by atoms with E-state index >= 15 is 0 Å². The minimum absolute atomic E-state index is 0.165. The zero-order valence-corrected chi connectivity index (χ0v) is 11.5. The van der Waals surface area contributed by atoms with Gasteiger partial charge < -0.3 is 20.5 Å². The molecule has 1 aliphatic heterocycles. The largest absolute Gasteiger partial charge is 0.444 e. The van der Waals surface area contributed by atoms with E-state index in [0.29, 0.717) is 19.5 Å². The second kappa shape index (κ2) is 4.38. The van der Waals surface area contributed by atoms with Crippen molar-refractivity contribution in [2.24, 2.45) is 11.1 Å². The highest BCUT2D eigenvalue weighted by Crippen LogP contribution is 2.47. The van der Waals surface area contributed by atoms with Gasteiger partial charge in [0.15, 0.2) is 0 Å². The molecule has 18 heavy (non-hydrogen) atoms. The Hall–Kier alpha value is -0.810. The lowest BCUT2D eigenvalue weighted by Gasteiger charge is -2.54. The molecule has 0 bridgehead atoms. The smallest absolute Gasteiger partial charge is 0.410 e. The van der Waals surface area contributed by atoms with Gasteiger partial charge in [-0.25, -0.2) is 4.79 Å². The van der Waals surface area contributed by atoms with E-state index in [4.69, 9.17) is 10.5 Å². The predicted octanol–water partition coefficient (Wildman–Crippen LogP) is 1.10. The summed E-state index contributed by atoms with van der Waals surface area (Å²) in [4.78, 5) is 13.7. The predicted molar refractivity (Wildman–Crippen MR) is 68.1 cm³/mol. The summed E-state index contributed by atoms with van der Waals surface area (Å²) in [6, 6.07) is 0.165. The van der Waals surface area contributed by atoms with E-state index in [-0.39, 0.29) is 23.7 Å². The molecule has 104 valence electrons. The molecule has 0 radical (unpaired) electrons. The lowest BCUT2D eigenvalue weighted by atomic mass is 9.60. The first-order valence-electron chi connectivity index (χ1n) is 6.63. The van der Waals surface area contributed by atoms with Gasteiger partial charge in [0.05, 0.1) is 6.10 Å². The molecule has 1 saturated carbocycles. The van der Waals surface area contributed by atoms with Gasteiger partial charge in [-0.3, -0.25) is 0 Å². The molecule has 5 heteroatoms. The molecule has 1 spiro atoms. The Morgan fingerprint density at radius 1 is 1.44 bits per heavy atom. The van der Waals surface area contributed by atoms with Gasteiger partial charge in [0.1, 0.15) is 5.60 Å². The third kappa shape index (κ3) is 2.62. The summed E-state index contributed by atoms with van der Waals surface area (Å²) in [5.74, 6) is 0. The molecule has 1 atom stereocenters. The van der Waals surface area contributed by atoms with Crippen LogP contribution in [0.5, 0.6) is 0 Å². The Kier molecular flexibility index (Phi) is 3.32. The fraction of sp³-hybridized carbons (Fsp3) is 0.923. The van der Waals surface area contributed by atoms with Crippen molar-refractivity contribution in [3.05, 3.63) is 0 Å². The first-order chi connectivity index (χ1) is 8.22. The maximum absolute atomic E-state index is 12.0. The first kappa shape index (κ1) is 13.6. The van der Waals surface area contributed by atoms with Crippen LogP contribution in [0, 0.1) is 5.41 Å². The molecule has 2 rings (SSSR count). The number of aliphatic hydroxyl groups excluding tert-OH is 1. The van der Waals surface area contributed by atoms with Crippen LogP contribution in [-0.2, 0) is 4.74 Å². The van der Waals surface area contributed by atoms with E-state index in [1.165, 1.54) is 0 Å². The average Bonchev–Trinajstić information content (AvgIpc) is 2.16. The number of amides is 1. The lowest BCUT2D eigenvalue weighted by molar-refractivity contribution is -0.100. The molecule has 0 aromatic carbocycles. The molecule has 1 unspecified atom stereocenters. The average molecular weight is 256 g/mol. The molecule has 5 nitrogen and oxygen atoms in total. The van der Waals surface area contributed by atoms with E-state index in [0.717, 1.165) is 12.8 Å². The number of carbonyl (C=O) groups is 1. The summed E-state index contributed by atoms with van der Waals surface area (Å²) in [7, 11) is 0. The van der Waals surface area contributed by atoms with Gasteiger partial charge in [0, 0.05) is 24.5 Å². The van der Waals surface area contributed by atoms with Crippen LogP contribution in [0.1, 0.15) is 40.0 Å². The van der Waals surface area contributed by atoms with Crippen molar-refractivity contribution < 1.29 is 14.6 Å². The van der Waals surface area contributed by atoms with Crippen molar-refractivity contribution in [2.75, 3.05) is 13.1 Å². The monoisotopic (exact) mass is 256 g/mol. The number of hydrogen-bond acceptors (Lipinski definition) is 4. The summed E-state index contributed by atoms with van der Waals surface area (Å²) in [6.07, 6.45) is 1.60. The van der Waals surface area contributed by atoms with E-state index in [9.17, 15) is 9.90 Å². The van der Waals surface area contributed by atoms with E-state index < -0.39 is 5.60 Å². The van der Waals surface area contributed by atoms with Crippen molar-refractivity contribution in [2.45, 2.75) is 57.8 Å². The SMILES string of the molecule is CC(C)(C)OC(=O)N1CCC(O)C2(CC(N)C2)C1. The highest BCUT2D eigenvalue weighted by atomic mass is 16.6. The Labute approximate surface area is 108 Å². The fourth-order valence-corrected chi connectivity index (χ4v) is 3.02. The summed E-state index contributed by atoms with van der Waals surface area (Å²) >= 11 is 0. The number of ether oxygens (including phenoxy) is 1. The van der Waals surface area contributed by atoms with Gasteiger partial charge in [-0.1, -0.05) is 0 Å². The number of nitrogens with zero attached hydrogens (tertiary/aromatic N) is 1.